The standard InChI is InChI=1S/C12H20N2O2/c1-4-9-6-5-7-10(8-9)11(14-13)12(15-2)16-3/h5-8,11-12,14H,4,13H2,1-3H3. The number of aryl methyl sites for hydroxylation is 1. The molecule has 1 aromatic rings. The normalized spacial score (nSPS) is 13.1. The van der Waals surface area contributed by atoms with Crippen LogP contribution in [-0.2, 0) is 15.9 Å². The van der Waals surface area contributed by atoms with Crippen molar-refractivity contribution in [1.29, 1.82) is 0 Å². The lowest BCUT2D eigenvalue weighted by atomic mass is 10.0. The van der Waals surface area contributed by atoms with E-state index in [-0.39, 0.29) is 6.04 Å². The molecular weight excluding hydrogens is 204 g/mol. The van der Waals surface area contributed by atoms with Crippen molar-refractivity contribution in [2.75, 3.05) is 14.2 Å². The molecule has 0 bridgehead atoms. The molecular formula is C12H20N2O2. The Morgan fingerprint density at radius 3 is 2.50 bits per heavy atom. The lowest BCUT2D eigenvalue weighted by Crippen LogP contribution is -2.38. The fraction of sp³-hybridized carbons (Fsp3) is 0.500. The van der Waals surface area contributed by atoms with Crippen LogP contribution >= 0.6 is 0 Å². The molecule has 4 heteroatoms. The van der Waals surface area contributed by atoms with Crippen LogP contribution in [0, 0.1) is 0 Å². The highest BCUT2D eigenvalue weighted by Crippen LogP contribution is 2.20. The highest BCUT2D eigenvalue weighted by atomic mass is 16.7. The summed E-state index contributed by atoms with van der Waals surface area (Å²) >= 11 is 0. The summed E-state index contributed by atoms with van der Waals surface area (Å²) in [6, 6.07) is 8.05. The van der Waals surface area contributed by atoms with Gasteiger partial charge in [-0.1, -0.05) is 31.2 Å². The maximum absolute atomic E-state index is 5.54. The topological polar surface area (TPSA) is 56.5 Å². The summed E-state index contributed by atoms with van der Waals surface area (Å²) in [6.45, 7) is 2.12. The van der Waals surface area contributed by atoms with Crippen molar-refractivity contribution in [3.8, 4) is 0 Å². The van der Waals surface area contributed by atoms with Crippen molar-refractivity contribution in [2.24, 2.45) is 5.84 Å². The zero-order chi connectivity index (χ0) is 12.0. The molecule has 0 spiro atoms. The van der Waals surface area contributed by atoms with Gasteiger partial charge in [0.25, 0.3) is 0 Å². The van der Waals surface area contributed by atoms with Crippen molar-refractivity contribution >= 4 is 0 Å². The number of methoxy groups -OCH3 is 2. The van der Waals surface area contributed by atoms with Crippen LogP contribution in [0.1, 0.15) is 24.1 Å². The Bertz CT molecular complexity index is 314. The van der Waals surface area contributed by atoms with Crippen LogP contribution in [-0.4, -0.2) is 20.5 Å². The number of rotatable bonds is 6. The van der Waals surface area contributed by atoms with Crippen LogP contribution in [0.2, 0.25) is 0 Å². The van der Waals surface area contributed by atoms with E-state index >= 15 is 0 Å². The molecule has 0 aliphatic heterocycles. The first-order chi connectivity index (χ1) is 7.76. The number of benzene rings is 1. The lowest BCUT2D eigenvalue weighted by Gasteiger charge is -2.24. The van der Waals surface area contributed by atoms with Crippen molar-refractivity contribution in [1.82, 2.24) is 5.43 Å². The third-order valence-corrected chi connectivity index (χ3v) is 2.63. The first-order valence-corrected chi connectivity index (χ1v) is 5.37. The first-order valence-electron chi connectivity index (χ1n) is 5.37. The summed E-state index contributed by atoms with van der Waals surface area (Å²) in [6.07, 6.45) is 0.604. The quantitative estimate of drug-likeness (QED) is 0.435. The lowest BCUT2D eigenvalue weighted by molar-refractivity contribution is -0.124. The van der Waals surface area contributed by atoms with E-state index in [9.17, 15) is 0 Å². The number of ether oxygens (including phenoxy) is 2. The molecule has 0 aromatic heterocycles. The summed E-state index contributed by atoms with van der Waals surface area (Å²) in [7, 11) is 3.20. The van der Waals surface area contributed by atoms with E-state index in [1.54, 1.807) is 14.2 Å². The fourth-order valence-electron chi connectivity index (χ4n) is 1.71. The second-order valence-corrected chi connectivity index (χ2v) is 3.58. The van der Waals surface area contributed by atoms with Gasteiger partial charge in [-0.15, -0.1) is 0 Å². The van der Waals surface area contributed by atoms with Crippen LogP contribution in [0.25, 0.3) is 0 Å². The van der Waals surface area contributed by atoms with Gasteiger partial charge in [-0.2, -0.15) is 0 Å². The Hall–Kier alpha value is -0.940. The molecule has 0 heterocycles. The maximum atomic E-state index is 5.54. The summed E-state index contributed by atoms with van der Waals surface area (Å²) in [5, 5.41) is 0. The van der Waals surface area contributed by atoms with E-state index < -0.39 is 6.29 Å². The van der Waals surface area contributed by atoms with Gasteiger partial charge in [0.15, 0.2) is 6.29 Å². The van der Waals surface area contributed by atoms with Crippen LogP contribution < -0.4 is 11.3 Å². The molecule has 1 rings (SSSR count). The summed E-state index contributed by atoms with van der Waals surface area (Å²) in [5.41, 5.74) is 5.05. The van der Waals surface area contributed by atoms with E-state index in [1.165, 1.54) is 5.56 Å². The zero-order valence-electron chi connectivity index (χ0n) is 10.1. The Morgan fingerprint density at radius 2 is 2.00 bits per heavy atom. The van der Waals surface area contributed by atoms with Crippen LogP contribution in [0.4, 0.5) is 0 Å². The van der Waals surface area contributed by atoms with Gasteiger partial charge in [0.05, 0.1) is 6.04 Å². The van der Waals surface area contributed by atoms with Crippen molar-refractivity contribution in [2.45, 2.75) is 25.7 Å². The summed E-state index contributed by atoms with van der Waals surface area (Å²) in [5.74, 6) is 5.54. The molecule has 0 saturated carbocycles. The van der Waals surface area contributed by atoms with E-state index in [0.717, 1.165) is 12.0 Å². The van der Waals surface area contributed by atoms with Gasteiger partial charge in [0.2, 0.25) is 0 Å². The van der Waals surface area contributed by atoms with Gasteiger partial charge in [-0.05, 0) is 17.5 Å². The first kappa shape index (κ1) is 13.1. The van der Waals surface area contributed by atoms with Crippen LogP contribution in [0.15, 0.2) is 24.3 Å². The van der Waals surface area contributed by atoms with E-state index in [2.05, 4.69) is 24.5 Å². The van der Waals surface area contributed by atoms with Gasteiger partial charge < -0.3 is 9.47 Å². The fourth-order valence-corrected chi connectivity index (χ4v) is 1.71. The number of hydrogen-bond donors (Lipinski definition) is 2. The van der Waals surface area contributed by atoms with E-state index in [4.69, 9.17) is 15.3 Å². The van der Waals surface area contributed by atoms with Gasteiger partial charge in [0.1, 0.15) is 0 Å². The molecule has 1 unspecified atom stereocenters. The molecule has 1 aromatic carbocycles. The molecule has 0 saturated heterocycles. The molecule has 16 heavy (non-hydrogen) atoms. The minimum Gasteiger partial charge on any atom is -0.354 e. The minimum atomic E-state index is -0.392. The molecule has 1 atom stereocenters. The van der Waals surface area contributed by atoms with Crippen LogP contribution in [0.3, 0.4) is 0 Å². The molecule has 3 N–H and O–H groups in total. The zero-order valence-corrected chi connectivity index (χ0v) is 10.1. The van der Waals surface area contributed by atoms with Gasteiger partial charge in [0, 0.05) is 14.2 Å². The Kier molecular flexibility index (Phi) is 5.42. The van der Waals surface area contributed by atoms with Crippen molar-refractivity contribution in [3.63, 3.8) is 0 Å². The molecule has 0 fully saturated rings. The predicted molar refractivity (Wildman–Crippen MR) is 63.7 cm³/mol. The molecule has 0 aliphatic carbocycles. The second kappa shape index (κ2) is 6.60. The second-order valence-electron chi connectivity index (χ2n) is 3.58. The number of nitrogens with one attached hydrogen (secondary N) is 1. The minimum absolute atomic E-state index is 0.165. The highest BCUT2D eigenvalue weighted by Gasteiger charge is 2.21. The average Bonchev–Trinajstić information content (AvgIpc) is 2.35. The largest absolute Gasteiger partial charge is 0.354 e. The number of hydrogen-bond acceptors (Lipinski definition) is 4. The van der Waals surface area contributed by atoms with E-state index in [0.29, 0.717) is 0 Å². The van der Waals surface area contributed by atoms with E-state index in [1.807, 2.05) is 12.1 Å². The number of nitrogens with two attached hydrogens (primary N) is 1. The maximum Gasteiger partial charge on any atom is 0.177 e. The Labute approximate surface area is 96.7 Å². The van der Waals surface area contributed by atoms with Crippen molar-refractivity contribution < 1.29 is 9.47 Å². The molecule has 4 nitrogen and oxygen atoms in total. The van der Waals surface area contributed by atoms with Gasteiger partial charge >= 0.3 is 0 Å². The monoisotopic (exact) mass is 224 g/mol. The molecule has 0 aliphatic rings. The third kappa shape index (κ3) is 3.02. The smallest absolute Gasteiger partial charge is 0.177 e. The van der Waals surface area contributed by atoms with Crippen LogP contribution in [0.5, 0.6) is 0 Å². The third-order valence-electron chi connectivity index (χ3n) is 2.63. The van der Waals surface area contributed by atoms with Gasteiger partial charge in [-0.3, -0.25) is 5.84 Å². The van der Waals surface area contributed by atoms with Crippen molar-refractivity contribution in [3.05, 3.63) is 35.4 Å². The molecule has 0 amide bonds. The highest BCUT2D eigenvalue weighted by molar-refractivity contribution is 5.26. The summed E-state index contributed by atoms with van der Waals surface area (Å²) < 4.78 is 10.4. The summed E-state index contributed by atoms with van der Waals surface area (Å²) in [4.78, 5) is 0. The Morgan fingerprint density at radius 1 is 1.31 bits per heavy atom. The van der Waals surface area contributed by atoms with Gasteiger partial charge in [-0.25, -0.2) is 5.43 Å². The Balaban J connectivity index is 2.93. The SMILES string of the molecule is CCc1cccc(C(NN)C(OC)OC)c1. The molecule has 90 valence electrons. The average molecular weight is 224 g/mol. The molecule has 0 radical (unpaired) electrons. The number of hydrazine groups is 1. The predicted octanol–water partition coefficient (Wildman–Crippen LogP) is 1.37.